The molecule has 1 N–H and O–H groups in total. The summed E-state index contributed by atoms with van der Waals surface area (Å²) in [7, 11) is 0. The summed E-state index contributed by atoms with van der Waals surface area (Å²) in [6.07, 6.45) is 0. The molecule has 1 atom stereocenters. The fourth-order valence-electron chi connectivity index (χ4n) is 1.11. The summed E-state index contributed by atoms with van der Waals surface area (Å²) in [6.45, 7) is 1.60. The number of alkyl halides is 4. The number of carbonyl (C=O) groups is 1. The van der Waals surface area contributed by atoms with Crippen LogP contribution < -0.4 is 5.32 Å². The molecule has 2 nitrogen and oxygen atoms in total. The van der Waals surface area contributed by atoms with Crippen molar-refractivity contribution in [2.45, 2.75) is 17.3 Å². The largest absolute Gasteiger partial charge is 0.446 e. The van der Waals surface area contributed by atoms with Crippen molar-refractivity contribution in [1.29, 1.82) is 0 Å². The third-order valence-electron chi connectivity index (χ3n) is 2.05. The quantitative estimate of drug-likeness (QED) is 0.669. The molecular formula is C11H11ClF3NOS. The van der Waals surface area contributed by atoms with Gasteiger partial charge in [0.1, 0.15) is 0 Å². The normalized spacial score (nSPS) is 13.2. The van der Waals surface area contributed by atoms with Gasteiger partial charge >= 0.3 is 5.51 Å². The molecule has 0 aromatic heterocycles. The maximum absolute atomic E-state index is 12.3. The van der Waals surface area contributed by atoms with Gasteiger partial charge in [-0.25, -0.2) is 0 Å². The molecule has 1 amide bonds. The molecule has 100 valence electrons. The van der Waals surface area contributed by atoms with E-state index < -0.39 is 17.3 Å². The SMILES string of the molecule is CC(CCl)C(=O)Nc1ccccc1SC(F)(F)F. The lowest BCUT2D eigenvalue weighted by Crippen LogP contribution is -2.21. The number of hydrogen-bond donors (Lipinski definition) is 1. The van der Waals surface area contributed by atoms with Gasteiger partial charge in [-0.3, -0.25) is 4.79 Å². The summed E-state index contributed by atoms with van der Waals surface area (Å²) in [5.41, 5.74) is -4.25. The Morgan fingerprint density at radius 2 is 2.06 bits per heavy atom. The number of thioether (sulfide) groups is 1. The van der Waals surface area contributed by atoms with Gasteiger partial charge in [0.2, 0.25) is 5.91 Å². The molecule has 1 aromatic carbocycles. The summed E-state index contributed by atoms with van der Waals surface area (Å²) < 4.78 is 36.9. The van der Waals surface area contributed by atoms with Crippen LogP contribution in [-0.2, 0) is 4.79 Å². The molecule has 0 aliphatic carbocycles. The van der Waals surface area contributed by atoms with Gasteiger partial charge in [0.25, 0.3) is 0 Å². The van der Waals surface area contributed by atoms with Crippen LogP contribution in [0.1, 0.15) is 6.92 Å². The minimum Gasteiger partial charge on any atom is -0.325 e. The van der Waals surface area contributed by atoms with E-state index in [4.69, 9.17) is 11.6 Å². The number of hydrogen-bond acceptors (Lipinski definition) is 2. The van der Waals surface area contributed by atoms with Crippen molar-refractivity contribution in [3.8, 4) is 0 Å². The molecule has 0 heterocycles. The van der Waals surface area contributed by atoms with Crippen LogP contribution in [0, 0.1) is 5.92 Å². The summed E-state index contributed by atoms with van der Waals surface area (Å²) >= 11 is 5.25. The molecule has 1 aromatic rings. The maximum Gasteiger partial charge on any atom is 0.446 e. The van der Waals surface area contributed by atoms with E-state index in [9.17, 15) is 18.0 Å². The van der Waals surface area contributed by atoms with E-state index in [2.05, 4.69) is 5.32 Å². The second kappa shape index (κ2) is 6.33. The Morgan fingerprint density at radius 3 is 2.61 bits per heavy atom. The Bertz CT molecular complexity index is 425. The summed E-state index contributed by atoms with van der Waals surface area (Å²) in [6, 6.07) is 5.77. The van der Waals surface area contributed by atoms with Gasteiger partial charge < -0.3 is 5.32 Å². The third kappa shape index (κ3) is 4.78. The number of rotatable bonds is 4. The number of para-hydroxylation sites is 1. The Morgan fingerprint density at radius 1 is 1.44 bits per heavy atom. The van der Waals surface area contributed by atoms with E-state index in [1.54, 1.807) is 13.0 Å². The zero-order valence-electron chi connectivity index (χ0n) is 9.42. The predicted molar refractivity (Wildman–Crippen MR) is 66.9 cm³/mol. The summed E-state index contributed by atoms with van der Waals surface area (Å²) in [4.78, 5) is 11.5. The minimum absolute atomic E-state index is 0.0416. The van der Waals surface area contributed by atoms with Crippen LogP contribution in [0.15, 0.2) is 29.2 Å². The molecule has 0 fully saturated rings. The average molecular weight is 298 g/mol. The Labute approximate surface area is 112 Å². The summed E-state index contributed by atoms with van der Waals surface area (Å²) in [5, 5.41) is 2.44. The van der Waals surface area contributed by atoms with Gasteiger partial charge in [0.05, 0.1) is 5.69 Å². The lowest BCUT2D eigenvalue weighted by Gasteiger charge is -2.13. The minimum atomic E-state index is -4.39. The van der Waals surface area contributed by atoms with Crippen molar-refractivity contribution in [2.75, 3.05) is 11.2 Å². The first kappa shape index (κ1) is 15.2. The fourth-order valence-corrected chi connectivity index (χ4v) is 1.87. The molecule has 0 aliphatic heterocycles. The second-order valence-electron chi connectivity index (χ2n) is 3.59. The van der Waals surface area contributed by atoms with Crippen LogP contribution in [0.2, 0.25) is 0 Å². The van der Waals surface area contributed by atoms with Crippen molar-refractivity contribution in [1.82, 2.24) is 0 Å². The third-order valence-corrected chi connectivity index (χ3v) is 3.32. The van der Waals surface area contributed by atoms with Gasteiger partial charge in [-0.1, -0.05) is 19.1 Å². The van der Waals surface area contributed by atoms with Crippen molar-refractivity contribution >= 4 is 35.0 Å². The van der Waals surface area contributed by atoms with Crippen LogP contribution >= 0.6 is 23.4 Å². The zero-order chi connectivity index (χ0) is 13.8. The highest BCUT2D eigenvalue weighted by Crippen LogP contribution is 2.40. The van der Waals surface area contributed by atoms with E-state index in [-0.39, 0.29) is 28.2 Å². The van der Waals surface area contributed by atoms with Crippen molar-refractivity contribution in [3.05, 3.63) is 24.3 Å². The monoisotopic (exact) mass is 297 g/mol. The molecule has 0 aliphatic rings. The van der Waals surface area contributed by atoms with E-state index in [1.807, 2.05) is 0 Å². The molecule has 1 rings (SSSR count). The van der Waals surface area contributed by atoms with Crippen molar-refractivity contribution in [2.24, 2.45) is 5.92 Å². The van der Waals surface area contributed by atoms with Crippen LogP contribution in [0.25, 0.3) is 0 Å². The Kier molecular flexibility index (Phi) is 5.34. The van der Waals surface area contributed by atoms with Gasteiger partial charge in [-0.05, 0) is 23.9 Å². The van der Waals surface area contributed by atoms with Gasteiger partial charge in [0.15, 0.2) is 0 Å². The van der Waals surface area contributed by atoms with Crippen LogP contribution in [0.4, 0.5) is 18.9 Å². The summed E-state index contributed by atoms with van der Waals surface area (Å²) in [5.74, 6) is -0.753. The number of nitrogens with one attached hydrogen (secondary N) is 1. The molecule has 0 bridgehead atoms. The first-order valence-electron chi connectivity index (χ1n) is 5.05. The number of anilines is 1. The first-order valence-corrected chi connectivity index (χ1v) is 6.40. The molecule has 7 heteroatoms. The maximum atomic E-state index is 12.3. The molecule has 1 unspecified atom stereocenters. The van der Waals surface area contributed by atoms with Gasteiger partial charge in [0, 0.05) is 16.7 Å². The number of benzene rings is 1. The molecule has 0 saturated carbocycles. The lowest BCUT2D eigenvalue weighted by molar-refractivity contribution is -0.118. The highest BCUT2D eigenvalue weighted by Gasteiger charge is 2.30. The molecular weight excluding hydrogens is 287 g/mol. The van der Waals surface area contributed by atoms with E-state index in [0.29, 0.717) is 0 Å². The van der Waals surface area contributed by atoms with Crippen molar-refractivity contribution in [3.63, 3.8) is 0 Å². The number of amides is 1. The lowest BCUT2D eigenvalue weighted by atomic mass is 10.2. The smallest absolute Gasteiger partial charge is 0.325 e. The van der Waals surface area contributed by atoms with Crippen LogP contribution in [-0.4, -0.2) is 17.3 Å². The molecule has 0 radical (unpaired) electrons. The number of carbonyl (C=O) groups excluding carboxylic acids is 1. The van der Waals surface area contributed by atoms with Gasteiger partial charge in [-0.15, -0.1) is 11.6 Å². The highest BCUT2D eigenvalue weighted by molar-refractivity contribution is 8.00. The fraction of sp³-hybridized carbons (Fsp3) is 0.364. The standard InChI is InChI=1S/C11H11ClF3NOS/c1-7(6-12)10(17)16-8-4-2-3-5-9(8)18-11(13,14)15/h2-5,7H,6H2,1H3,(H,16,17). The average Bonchev–Trinajstić information content (AvgIpc) is 2.28. The Balaban J connectivity index is 2.86. The number of halogens is 4. The predicted octanol–water partition coefficient (Wildman–Crippen LogP) is 4.11. The van der Waals surface area contributed by atoms with Crippen molar-refractivity contribution < 1.29 is 18.0 Å². The van der Waals surface area contributed by atoms with Crippen LogP contribution in [0.5, 0.6) is 0 Å². The van der Waals surface area contributed by atoms with E-state index >= 15 is 0 Å². The molecule has 0 saturated heterocycles. The van der Waals surface area contributed by atoms with Crippen LogP contribution in [0.3, 0.4) is 0 Å². The van der Waals surface area contributed by atoms with Gasteiger partial charge in [-0.2, -0.15) is 13.2 Å². The zero-order valence-corrected chi connectivity index (χ0v) is 11.0. The molecule has 18 heavy (non-hydrogen) atoms. The highest BCUT2D eigenvalue weighted by atomic mass is 35.5. The topological polar surface area (TPSA) is 29.1 Å². The second-order valence-corrected chi connectivity index (χ2v) is 5.00. The van der Waals surface area contributed by atoms with E-state index in [0.717, 1.165) is 0 Å². The van der Waals surface area contributed by atoms with E-state index in [1.165, 1.54) is 18.2 Å². The Hall–Kier alpha value is -0.880. The molecule has 0 spiro atoms. The first-order chi connectivity index (χ1) is 8.33.